The molecule has 0 amide bonds. The molecule has 4 aliphatic carbocycles. The lowest BCUT2D eigenvalue weighted by molar-refractivity contribution is -0.149. The highest BCUT2D eigenvalue weighted by molar-refractivity contribution is 5.88. The quantitative estimate of drug-likeness (QED) is 0.706. The summed E-state index contributed by atoms with van der Waals surface area (Å²) in [6, 6.07) is 0. The molecule has 0 bridgehead atoms. The monoisotopic (exact) mass is 350 g/mol. The third-order valence-electron chi connectivity index (χ3n) is 8.57. The summed E-state index contributed by atoms with van der Waals surface area (Å²) in [6.07, 6.45) is 5.16. The lowest BCUT2D eigenvalue weighted by Crippen LogP contribution is -2.55. The van der Waals surface area contributed by atoms with E-state index in [1.165, 1.54) is 0 Å². The van der Waals surface area contributed by atoms with E-state index in [1.807, 2.05) is 6.92 Å². The predicted molar refractivity (Wildman–Crippen MR) is 91.0 cm³/mol. The van der Waals surface area contributed by atoms with Gasteiger partial charge in [0.25, 0.3) is 0 Å². The molecule has 4 saturated carbocycles. The standard InChI is InChI=1S/C20H30O5/c1-19-7-5-12(21)9-11(19)3-4-13-14(19)6-8-20(2)16(22)10-15(17(13)20)25-18(23)24/h11-15,17,21H,3-10H2,1-2H3,(H,23,24)/t11-,12+,13+,14-,15?,17+,19-,20+/m0/s1. The number of hydrogen-bond donors (Lipinski definition) is 2. The second kappa shape index (κ2) is 5.70. The van der Waals surface area contributed by atoms with Crippen molar-refractivity contribution in [2.45, 2.75) is 77.4 Å². The Labute approximate surface area is 149 Å². The van der Waals surface area contributed by atoms with E-state index in [2.05, 4.69) is 6.92 Å². The number of ether oxygens (including phenoxy) is 1. The number of carboxylic acid groups (broad SMARTS) is 1. The fourth-order valence-electron chi connectivity index (χ4n) is 7.28. The van der Waals surface area contributed by atoms with Crippen LogP contribution in [0.4, 0.5) is 4.79 Å². The van der Waals surface area contributed by atoms with Crippen molar-refractivity contribution < 1.29 is 24.5 Å². The molecule has 0 spiro atoms. The van der Waals surface area contributed by atoms with Crippen LogP contribution < -0.4 is 0 Å². The maximum absolute atomic E-state index is 12.7. The summed E-state index contributed by atoms with van der Waals surface area (Å²) in [4.78, 5) is 23.9. The van der Waals surface area contributed by atoms with Crippen molar-refractivity contribution >= 4 is 11.9 Å². The normalized spacial score (nSPS) is 52.0. The van der Waals surface area contributed by atoms with Gasteiger partial charge in [0.05, 0.1) is 6.10 Å². The van der Waals surface area contributed by atoms with Crippen molar-refractivity contribution in [3.63, 3.8) is 0 Å². The summed E-state index contributed by atoms with van der Waals surface area (Å²) in [5, 5.41) is 19.2. The smallest absolute Gasteiger partial charge is 0.450 e. The minimum Gasteiger partial charge on any atom is -0.450 e. The van der Waals surface area contributed by atoms with Crippen molar-refractivity contribution in [1.82, 2.24) is 0 Å². The highest BCUT2D eigenvalue weighted by Gasteiger charge is 2.63. The van der Waals surface area contributed by atoms with E-state index in [0.29, 0.717) is 17.8 Å². The average molecular weight is 350 g/mol. The number of Topliss-reactive ketones (excluding diaryl/α,β-unsaturated/α-hetero) is 1. The van der Waals surface area contributed by atoms with Gasteiger partial charge in [-0.1, -0.05) is 13.8 Å². The topological polar surface area (TPSA) is 83.8 Å². The maximum atomic E-state index is 12.7. The highest BCUT2D eigenvalue weighted by Crippen LogP contribution is 2.65. The number of rotatable bonds is 1. The molecule has 0 aliphatic heterocycles. The lowest BCUT2D eigenvalue weighted by atomic mass is 9.45. The van der Waals surface area contributed by atoms with Crippen LogP contribution in [0, 0.1) is 34.5 Å². The number of aliphatic hydroxyl groups is 1. The zero-order valence-electron chi connectivity index (χ0n) is 15.2. The van der Waals surface area contributed by atoms with E-state index < -0.39 is 17.7 Å². The van der Waals surface area contributed by atoms with Gasteiger partial charge in [0, 0.05) is 17.8 Å². The van der Waals surface area contributed by atoms with Crippen molar-refractivity contribution in [2.75, 3.05) is 0 Å². The van der Waals surface area contributed by atoms with Gasteiger partial charge in [-0.2, -0.15) is 0 Å². The van der Waals surface area contributed by atoms with Gasteiger partial charge in [-0.05, 0) is 68.1 Å². The number of hydrogen-bond acceptors (Lipinski definition) is 4. The van der Waals surface area contributed by atoms with Gasteiger partial charge in [0.2, 0.25) is 0 Å². The molecule has 140 valence electrons. The number of carbonyl (C=O) groups is 2. The van der Waals surface area contributed by atoms with Gasteiger partial charge < -0.3 is 14.9 Å². The van der Waals surface area contributed by atoms with Crippen LogP contribution in [0.2, 0.25) is 0 Å². The number of ketones is 1. The SMILES string of the molecule is C[C@]12CC[C@@H](O)C[C@@H]1CC[C@@H]1[C@@H]2CC[C@]2(C)C(=O)CC(OC(=O)O)[C@@H]12. The molecule has 0 saturated heterocycles. The van der Waals surface area contributed by atoms with E-state index >= 15 is 0 Å². The molecule has 4 rings (SSSR count). The van der Waals surface area contributed by atoms with E-state index in [1.54, 1.807) is 0 Å². The Balaban J connectivity index is 1.66. The summed E-state index contributed by atoms with van der Waals surface area (Å²) in [6.45, 7) is 4.42. The third kappa shape index (κ3) is 2.45. The van der Waals surface area contributed by atoms with Gasteiger partial charge in [0.15, 0.2) is 0 Å². The van der Waals surface area contributed by atoms with Crippen molar-refractivity contribution in [3.8, 4) is 0 Å². The first-order valence-electron chi connectivity index (χ1n) is 9.86. The van der Waals surface area contributed by atoms with Gasteiger partial charge in [-0.3, -0.25) is 4.79 Å². The van der Waals surface area contributed by atoms with Crippen molar-refractivity contribution in [3.05, 3.63) is 0 Å². The summed E-state index contributed by atoms with van der Waals surface area (Å²) in [5.41, 5.74) is -0.207. The molecule has 0 aromatic heterocycles. The van der Waals surface area contributed by atoms with Crippen LogP contribution in [0.1, 0.15) is 65.2 Å². The Morgan fingerprint density at radius 2 is 1.92 bits per heavy atom. The van der Waals surface area contributed by atoms with Crippen LogP contribution in [-0.2, 0) is 9.53 Å². The first-order valence-corrected chi connectivity index (χ1v) is 9.86. The predicted octanol–water partition coefficient (Wildman–Crippen LogP) is 3.63. The van der Waals surface area contributed by atoms with Crippen molar-refractivity contribution in [2.24, 2.45) is 34.5 Å². The molecular formula is C20H30O5. The first kappa shape index (κ1) is 17.3. The molecular weight excluding hydrogens is 320 g/mol. The Bertz CT molecular complexity index is 589. The van der Waals surface area contributed by atoms with Crippen LogP contribution in [-0.4, -0.2) is 34.4 Å². The van der Waals surface area contributed by atoms with Crippen LogP contribution in [0.3, 0.4) is 0 Å². The molecule has 5 heteroatoms. The van der Waals surface area contributed by atoms with Crippen molar-refractivity contribution in [1.29, 1.82) is 0 Å². The number of fused-ring (bicyclic) bond motifs is 5. The highest BCUT2D eigenvalue weighted by atomic mass is 16.7. The van der Waals surface area contributed by atoms with E-state index in [9.17, 15) is 14.7 Å². The molecule has 0 aromatic carbocycles. The zero-order chi connectivity index (χ0) is 18.0. The number of carbonyl (C=O) groups excluding carboxylic acids is 1. The maximum Gasteiger partial charge on any atom is 0.506 e. The van der Waals surface area contributed by atoms with Crippen LogP contribution in [0.15, 0.2) is 0 Å². The van der Waals surface area contributed by atoms with Gasteiger partial charge in [0.1, 0.15) is 11.9 Å². The molecule has 8 atom stereocenters. The first-order chi connectivity index (χ1) is 11.8. The third-order valence-corrected chi connectivity index (χ3v) is 8.57. The minimum atomic E-state index is -1.26. The molecule has 5 nitrogen and oxygen atoms in total. The molecule has 0 radical (unpaired) electrons. The van der Waals surface area contributed by atoms with Crippen LogP contribution >= 0.6 is 0 Å². The van der Waals surface area contributed by atoms with Gasteiger partial charge in [-0.25, -0.2) is 4.79 Å². The molecule has 0 heterocycles. The second-order valence-electron chi connectivity index (χ2n) is 9.51. The van der Waals surface area contributed by atoms with Gasteiger partial charge >= 0.3 is 6.16 Å². The minimum absolute atomic E-state index is 0.0273. The Morgan fingerprint density at radius 1 is 1.16 bits per heavy atom. The van der Waals surface area contributed by atoms with Gasteiger partial charge in [-0.15, -0.1) is 0 Å². The summed E-state index contributed by atoms with van der Waals surface area (Å²) in [5.74, 6) is 1.65. The molecule has 4 fully saturated rings. The summed E-state index contributed by atoms with van der Waals surface area (Å²) < 4.78 is 5.21. The molecule has 25 heavy (non-hydrogen) atoms. The molecule has 0 aromatic rings. The lowest BCUT2D eigenvalue weighted by Gasteiger charge is -2.60. The summed E-state index contributed by atoms with van der Waals surface area (Å²) >= 11 is 0. The zero-order valence-corrected chi connectivity index (χ0v) is 15.2. The van der Waals surface area contributed by atoms with E-state index in [0.717, 1.165) is 44.9 Å². The fourth-order valence-corrected chi connectivity index (χ4v) is 7.28. The van der Waals surface area contributed by atoms with E-state index in [4.69, 9.17) is 9.84 Å². The molecule has 1 unspecified atom stereocenters. The Hall–Kier alpha value is -1.10. The van der Waals surface area contributed by atoms with Crippen LogP contribution in [0.5, 0.6) is 0 Å². The Kier molecular flexibility index (Phi) is 3.95. The van der Waals surface area contributed by atoms with E-state index in [-0.39, 0.29) is 29.6 Å². The average Bonchev–Trinajstić information content (AvgIpc) is 2.78. The Morgan fingerprint density at radius 3 is 2.64 bits per heavy atom. The summed E-state index contributed by atoms with van der Waals surface area (Å²) in [7, 11) is 0. The molecule has 2 N–H and O–H groups in total. The van der Waals surface area contributed by atoms with Crippen LogP contribution in [0.25, 0.3) is 0 Å². The number of aliphatic hydroxyl groups excluding tert-OH is 1. The molecule has 4 aliphatic rings. The second-order valence-corrected chi connectivity index (χ2v) is 9.51. The fraction of sp³-hybridized carbons (Fsp3) is 0.900. The largest absolute Gasteiger partial charge is 0.506 e.